The van der Waals surface area contributed by atoms with Crippen molar-refractivity contribution in [1.82, 2.24) is 15.1 Å². The van der Waals surface area contributed by atoms with Crippen molar-refractivity contribution >= 4 is 17.7 Å². The zero-order valence-corrected chi connectivity index (χ0v) is 15.8. The van der Waals surface area contributed by atoms with Crippen molar-refractivity contribution in [3.05, 3.63) is 29.3 Å². The first kappa shape index (κ1) is 17.9. The summed E-state index contributed by atoms with van der Waals surface area (Å²) in [6, 6.07) is 6.02. The van der Waals surface area contributed by atoms with E-state index >= 15 is 0 Å². The predicted molar refractivity (Wildman–Crippen MR) is 96.5 cm³/mol. The summed E-state index contributed by atoms with van der Waals surface area (Å²) >= 11 is 1.28. The van der Waals surface area contributed by atoms with E-state index in [-0.39, 0.29) is 23.9 Å². The number of thioether (sulfide) groups is 1. The van der Waals surface area contributed by atoms with Gasteiger partial charge in [-0.25, -0.2) is 0 Å². The molecule has 0 spiro atoms. The second-order valence-electron chi connectivity index (χ2n) is 6.52. The van der Waals surface area contributed by atoms with Gasteiger partial charge in [-0.15, -0.1) is 10.2 Å². The van der Waals surface area contributed by atoms with Gasteiger partial charge in [0.1, 0.15) is 0 Å². The summed E-state index contributed by atoms with van der Waals surface area (Å²) in [5.74, 6) is 0.832. The minimum atomic E-state index is 0.0671. The highest BCUT2D eigenvalue weighted by atomic mass is 32.2. The molecule has 0 radical (unpaired) electrons. The summed E-state index contributed by atoms with van der Waals surface area (Å²) in [4.78, 5) is 14.2. The summed E-state index contributed by atoms with van der Waals surface area (Å²) in [5, 5.41) is 8.54. The average Bonchev–Trinajstić information content (AvgIpc) is 3.03. The molecule has 0 saturated carbocycles. The third-order valence-corrected chi connectivity index (χ3v) is 5.05. The van der Waals surface area contributed by atoms with Crippen molar-refractivity contribution in [3.63, 3.8) is 0 Å². The van der Waals surface area contributed by atoms with E-state index in [4.69, 9.17) is 9.15 Å². The van der Waals surface area contributed by atoms with Crippen LogP contribution in [0.3, 0.4) is 0 Å². The van der Waals surface area contributed by atoms with E-state index in [1.165, 1.54) is 22.9 Å². The van der Waals surface area contributed by atoms with Crippen molar-refractivity contribution in [2.75, 3.05) is 18.8 Å². The van der Waals surface area contributed by atoms with Gasteiger partial charge >= 0.3 is 0 Å². The molecule has 1 aromatic carbocycles. The zero-order chi connectivity index (χ0) is 18.0. The number of aryl methyl sites for hydroxylation is 2. The van der Waals surface area contributed by atoms with Gasteiger partial charge in [-0.1, -0.05) is 17.8 Å². The fourth-order valence-corrected chi connectivity index (χ4v) is 3.52. The Hall–Kier alpha value is -1.86. The number of morpholine rings is 1. The van der Waals surface area contributed by atoms with Crippen LogP contribution in [-0.2, 0) is 9.53 Å². The Bertz CT molecular complexity index is 752. The summed E-state index contributed by atoms with van der Waals surface area (Å²) in [7, 11) is 0. The predicted octanol–water partition coefficient (Wildman–Crippen LogP) is 3.08. The van der Waals surface area contributed by atoms with Gasteiger partial charge in [-0.05, 0) is 51.0 Å². The molecule has 7 heteroatoms. The normalized spacial score (nSPS) is 20.7. The number of hydrogen-bond donors (Lipinski definition) is 0. The Morgan fingerprint density at radius 1 is 1.20 bits per heavy atom. The molecule has 1 aliphatic heterocycles. The van der Waals surface area contributed by atoms with Crippen LogP contribution in [0.4, 0.5) is 0 Å². The van der Waals surface area contributed by atoms with Crippen LogP contribution in [0.5, 0.6) is 0 Å². The highest BCUT2D eigenvalue weighted by molar-refractivity contribution is 7.99. The molecule has 0 unspecified atom stereocenters. The minimum Gasteiger partial charge on any atom is -0.411 e. The molecule has 134 valence electrons. The van der Waals surface area contributed by atoms with Crippen LogP contribution in [-0.4, -0.2) is 52.1 Å². The molecule has 0 N–H and O–H groups in total. The number of nitrogens with zero attached hydrogens (tertiary/aromatic N) is 3. The smallest absolute Gasteiger partial charge is 0.277 e. The van der Waals surface area contributed by atoms with E-state index in [2.05, 4.69) is 17.1 Å². The SMILES string of the molecule is Cc1ccc(-c2nnc(SCC(=O)N3C[C@@H](C)O[C@H](C)C3)o2)cc1C. The Balaban J connectivity index is 1.60. The molecule has 3 rings (SSSR count). The van der Waals surface area contributed by atoms with Crippen molar-refractivity contribution in [1.29, 1.82) is 0 Å². The Morgan fingerprint density at radius 2 is 1.92 bits per heavy atom. The Kier molecular flexibility index (Phi) is 5.44. The number of aromatic nitrogens is 2. The highest BCUT2D eigenvalue weighted by Gasteiger charge is 2.26. The van der Waals surface area contributed by atoms with E-state index in [9.17, 15) is 4.79 Å². The zero-order valence-electron chi connectivity index (χ0n) is 15.0. The number of rotatable bonds is 4. The number of carbonyl (C=O) groups is 1. The monoisotopic (exact) mass is 361 g/mol. The maximum atomic E-state index is 12.4. The number of ether oxygens (including phenoxy) is 1. The third kappa shape index (κ3) is 4.41. The maximum absolute atomic E-state index is 12.4. The van der Waals surface area contributed by atoms with Gasteiger partial charge in [0.05, 0.1) is 18.0 Å². The molecule has 25 heavy (non-hydrogen) atoms. The Labute approximate surface area is 151 Å². The molecule has 1 fully saturated rings. The van der Waals surface area contributed by atoms with E-state index in [0.717, 1.165) is 5.56 Å². The number of amides is 1. The largest absolute Gasteiger partial charge is 0.411 e. The number of hydrogen-bond acceptors (Lipinski definition) is 6. The van der Waals surface area contributed by atoms with Crippen LogP contribution in [0, 0.1) is 13.8 Å². The molecule has 2 aromatic rings. The van der Waals surface area contributed by atoms with Crippen LogP contribution in [0.2, 0.25) is 0 Å². The molecule has 2 heterocycles. The maximum Gasteiger partial charge on any atom is 0.277 e. The highest BCUT2D eigenvalue weighted by Crippen LogP contribution is 2.25. The van der Waals surface area contributed by atoms with Gasteiger partial charge in [0.25, 0.3) is 5.22 Å². The van der Waals surface area contributed by atoms with Gasteiger partial charge < -0.3 is 14.1 Å². The molecule has 0 bridgehead atoms. The average molecular weight is 361 g/mol. The molecule has 1 amide bonds. The molecule has 1 aliphatic rings. The van der Waals surface area contributed by atoms with Crippen LogP contribution < -0.4 is 0 Å². The lowest BCUT2D eigenvalue weighted by molar-refractivity contribution is -0.140. The lowest BCUT2D eigenvalue weighted by atomic mass is 10.1. The first-order valence-electron chi connectivity index (χ1n) is 8.39. The standard InChI is InChI=1S/C18H23N3O3S/c1-11-5-6-15(7-12(11)2)17-19-20-18(24-17)25-10-16(22)21-8-13(3)23-14(4)9-21/h5-7,13-14H,8-10H2,1-4H3/t13-,14-/m1/s1. The van der Waals surface area contributed by atoms with Crippen molar-refractivity contribution in [2.45, 2.75) is 45.1 Å². The van der Waals surface area contributed by atoms with E-state index in [0.29, 0.717) is 24.2 Å². The molecular weight excluding hydrogens is 338 g/mol. The first-order chi connectivity index (χ1) is 11.9. The van der Waals surface area contributed by atoms with Crippen LogP contribution in [0.1, 0.15) is 25.0 Å². The molecule has 2 atom stereocenters. The molecule has 1 saturated heterocycles. The van der Waals surface area contributed by atoms with Gasteiger partial charge in [-0.2, -0.15) is 0 Å². The number of benzene rings is 1. The van der Waals surface area contributed by atoms with E-state index in [1.54, 1.807) is 0 Å². The fourth-order valence-electron chi connectivity index (χ4n) is 2.86. The van der Waals surface area contributed by atoms with Gasteiger partial charge in [0.15, 0.2) is 0 Å². The third-order valence-electron chi connectivity index (χ3n) is 4.25. The molecule has 6 nitrogen and oxygen atoms in total. The lowest BCUT2D eigenvalue weighted by Crippen LogP contribution is -2.48. The molecule has 0 aliphatic carbocycles. The summed E-state index contributed by atoms with van der Waals surface area (Å²) in [6.45, 7) is 9.33. The van der Waals surface area contributed by atoms with Crippen LogP contribution >= 0.6 is 11.8 Å². The van der Waals surface area contributed by atoms with Crippen molar-refractivity contribution in [2.24, 2.45) is 0 Å². The number of carbonyl (C=O) groups excluding carboxylic acids is 1. The quantitative estimate of drug-likeness (QED) is 0.780. The molecular formula is C18H23N3O3S. The Morgan fingerprint density at radius 3 is 2.60 bits per heavy atom. The van der Waals surface area contributed by atoms with Crippen LogP contribution in [0.25, 0.3) is 11.5 Å². The van der Waals surface area contributed by atoms with E-state index in [1.807, 2.05) is 43.9 Å². The fraction of sp³-hybridized carbons (Fsp3) is 0.500. The lowest BCUT2D eigenvalue weighted by Gasteiger charge is -2.35. The first-order valence-corrected chi connectivity index (χ1v) is 9.38. The molecule has 1 aromatic heterocycles. The second kappa shape index (κ2) is 7.58. The van der Waals surface area contributed by atoms with Gasteiger partial charge in [-0.3, -0.25) is 4.79 Å². The van der Waals surface area contributed by atoms with Crippen molar-refractivity contribution in [3.8, 4) is 11.5 Å². The minimum absolute atomic E-state index is 0.0671. The van der Waals surface area contributed by atoms with Gasteiger partial charge in [0.2, 0.25) is 11.8 Å². The van der Waals surface area contributed by atoms with Gasteiger partial charge in [0, 0.05) is 18.7 Å². The topological polar surface area (TPSA) is 68.5 Å². The van der Waals surface area contributed by atoms with Crippen molar-refractivity contribution < 1.29 is 13.9 Å². The summed E-state index contributed by atoms with van der Waals surface area (Å²) in [5.41, 5.74) is 3.29. The second-order valence-corrected chi connectivity index (χ2v) is 7.44. The van der Waals surface area contributed by atoms with E-state index < -0.39 is 0 Å². The van der Waals surface area contributed by atoms with Crippen LogP contribution in [0.15, 0.2) is 27.8 Å². The summed E-state index contributed by atoms with van der Waals surface area (Å²) in [6.07, 6.45) is 0.134. The summed E-state index contributed by atoms with van der Waals surface area (Å²) < 4.78 is 11.3.